The minimum absolute atomic E-state index is 0.0597. The van der Waals surface area contributed by atoms with Gasteiger partial charge in [-0.05, 0) is 61.0 Å². The summed E-state index contributed by atoms with van der Waals surface area (Å²) in [7, 11) is 0. The van der Waals surface area contributed by atoms with Crippen molar-refractivity contribution in [1.29, 1.82) is 0 Å². The molecule has 1 aliphatic heterocycles. The fraction of sp³-hybridized carbons (Fsp3) is 0.208. The third-order valence-electron chi connectivity index (χ3n) is 4.99. The van der Waals surface area contributed by atoms with Crippen molar-refractivity contribution in [1.82, 2.24) is 4.90 Å². The van der Waals surface area contributed by atoms with Crippen molar-refractivity contribution in [3.05, 3.63) is 89.4 Å². The van der Waals surface area contributed by atoms with Crippen LogP contribution in [0.3, 0.4) is 0 Å². The van der Waals surface area contributed by atoms with Crippen LogP contribution in [0.25, 0.3) is 0 Å². The monoisotopic (exact) mass is 450 g/mol. The number of anilines is 1. The van der Waals surface area contributed by atoms with Gasteiger partial charge in [0.2, 0.25) is 5.91 Å². The fourth-order valence-corrected chi connectivity index (χ4v) is 4.57. The van der Waals surface area contributed by atoms with E-state index >= 15 is 0 Å². The molecular weight excluding hydrogens is 428 g/mol. The van der Waals surface area contributed by atoms with E-state index in [1.807, 2.05) is 18.2 Å². The minimum atomic E-state index is -0.398. The van der Waals surface area contributed by atoms with Crippen LogP contribution in [0.1, 0.15) is 44.3 Å². The lowest BCUT2D eigenvalue weighted by Crippen LogP contribution is -2.27. The van der Waals surface area contributed by atoms with Gasteiger partial charge in [0.25, 0.3) is 5.91 Å². The van der Waals surface area contributed by atoms with Crippen LogP contribution in [0.4, 0.5) is 5.69 Å². The van der Waals surface area contributed by atoms with E-state index in [9.17, 15) is 14.4 Å². The van der Waals surface area contributed by atoms with Crippen molar-refractivity contribution >= 4 is 35.2 Å². The molecule has 0 saturated carbocycles. The van der Waals surface area contributed by atoms with Crippen molar-refractivity contribution in [2.45, 2.75) is 18.8 Å². The molecule has 2 aromatic carbocycles. The van der Waals surface area contributed by atoms with Gasteiger partial charge in [-0.2, -0.15) is 0 Å². The first-order valence-electron chi connectivity index (χ1n) is 10.2. The van der Waals surface area contributed by atoms with Crippen LogP contribution in [0.15, 0.2) is 71.3 Å². The predicted octanol–water partition coefficient (Wildman–Crippen LogP) is 4.48. The number of carbonyl (C=O) groups is 3. The fourth-order valence-electron chi connectivity index (χ4n) is 3.38. The van der Waals surface area contributed by atoms with Crippen molar-refractivity contribution in [2.75, 3.05) is 17.7 Å². The Labute approximate surface area is 189 Å². The number of amides is 2. The lowest BCUT2D eigenvalue weighted by atomic mass is 10.1. The van der Waals surface area contributed by atoms with E-state index < -0.39 is 5.97 Å². The molecule has 164 valence electrons. The zero-order valence-electron chi connectivity index (χ0n) is 17.4. The zero-order chi connectivity index (χ0) is 22.5. The first-order valence-corrected chi connectivity index (χ1v) is 11.2. The molecule has 32 heavy (non-hydrogen) atoms. The molecule has 1 aliphatic rings. The predicted molar refractivity (Wildman–Crippen MR) is 121 cm³/mol. The maximum absolute atomic E-state index is 12.6. The van der Waals surface area contributed by atoms with Crippen molar-refractivity contribution in [3.8, 4) is 0 Å². The van der Waals surface area contributed by atoms with Crippen LogP contribution in [0.5, 0.6) is 0 Å². The minimum Gasteiger partial charge on any atom is -0.467 e. The average Bonchev–Trinajstić information content (AvgIpc) is 3.45. The lowest BCUT2D eigenvalue weighted by Gasteiger charge is -2.23. The Morgan fingerprint density at radius 2 is 1.81 bits per heavy atom. The topological polar surface area (TPSA) is 88.8 Å². The third kappa shape index (κ3) is 4.86. The van der Waals surface area contributed by atoms with Gasteiger partial charge in [0, 0.05) is 11.3 Å². The Balaban J connectivity index is 1.41. The van der Waals surface area contributed by atoms with Gasteiger partial charge in [-0.1, -0.05) is 12.1 Å². The molecule has 1 N–H and O–H groups in total. The molecule has 1 atom stereocenters. The highest BCUT2D eigenvalue weighted by molar-refractivity contribution is 8.00. The summed E-state index contributed by atoms with van der Waals surface area (Å²) < 4.78 is 10.3. The van der Waals surface area contributed by atoms with Gasteiger partial charge in [0.15, 0.2) is 0 Å². The molecule has 2 amide bonds. The molecule has 0 spiro atoms. The molecule has 3 aromatic rings. The molecule has 7 nitrogen and oxygen atoms in total. The summed E-state index contributed by atoms with van der Waals surface area (Å²) in [5.41, 5.74) is 2.45. The van der Waals surface area contributed by atoms with E-state index in [2.05, 4.69) is 5.32 Å². The molecule has 0 bridgehead atoms. The van der Waals surface area contributed by atoms with E-state index in [1.54, 1.807) is 72.3 Å². The second kappa shape index (κ2) is 9.74. The summed E-state index contributed by atoms with van der Waals surface area (Å²) in [5, 5.41) is 2.69. The highest BCUT2D eigenvalue weighted by Gasteiger charge is 2.33. The number of carbonyl (C=O) groups excluding carboxylic acids is 3. The average molecular weight is 451 g/mol. The van der Waals surface area contributed by atoms with Gasteiger partial charge in [0.05, 0.1) is 30.7 Å². The molecule has 0 aliphatic carbocycles. The van der Waals surface area contributed by atoms with Crippen molar-refractivity contribution in [3.63, 3.8) is 0 Å². The molecule has 1 fully saturated rings. The second-order valence-electron chi connectivity index (χ2n) is 7.14. The smallest absolute Gasteiger partial charge is 0.338 e. The Bertz CT molecular complexity index is 1090. The molecule has 4 rings (SSSR count). The molecular formula is C24H22N2O5S. The summed E-state index contributed by atoms with van der Waals surface area (Å²) in [4.78, 5) is 38.5. The largest absolute Gasteiger partial charge is 0.467 e. The van der Waals surface area contributed by atoms with Gasteiger partial charge in [-0.15, -0.1) is 11.8 Å². The van der Waals surface area contributed by atoms with Crippen molar-refractivity contribution in [2.24, 2.45) is 0 Å². The maximum Gasteiger partial charge on any atom is 0.338 e. The number of rotatable bonds is 7. The second-order valence-corrected chi connectivity index (χ2v) is 8.21. The Hall–Kier alpha value is -3.52. The van der Waals surface area contributed by atoms with Crippen LogP contribution in [0, 0.1) is 0 Å². The molecule has 1 saturated heterocycles. The maximum atomic E-state index is 12.6. The highest BCUT2D eigenvalue weighted by atomic mass is 32.2. The third-order valence-corrected chi connectivity index (χ3v) is 6.24. The number of nitrogens with zero attached hydrogens (tertiary/aromatic N) is 1. The van der Waals surface area contributed by atoms with Gasteiger partial charge in [-0.3, -0.25) is 9.59 Å². The Morgan fingerprint density at radius 1 is 1.09 bits per heavy atom. The van der Waals surface area contributed by atoms with Crippen LogP contribution in [0.2, 0.25) is 0 Å². The SMILES string of the molecule is CCOC(=O)c1ccc(NC(=O)c2ccc([C@H]3SCC(=O)N3Cc3ccco3)cc2)cc1. The van der Waals surface area contributed by atoms with Gasteiger partial charge < -0.3 is 19.4 Å². The quantitative estimate of drug-likeness (QED) is 0.534. The van der Waals surface area contributed by atoms with Crippen LogP contribution >= 0.6 is 11.8 Å². The number of hydrogen-bond donors (Lipinski definition) is 1. The van der Waals surface area contributed by atoms with Crippen molar-refractivity contribution < 1.29 is 23.5 Å². The number of benzene rings is 2. The molecule has 0 radical (unpaired) electrons. The number of thioether (sulfide) groups is 1. The number of nitrogens with one attached hydrogen (secondary N) is 1. The normalized spacial score (nSPS) is 15.6. The standard InChI is InChI=1S/C24H22N2O5S/c1-2-30-24(29)18-9-11-19(12-10-18)25-22(28)16-5-7-17(8-6-16)23-26(21(27)15-32-23)14-20-4-3-13-31-20/h3-13,23H,2,14-15H2,1H3,(H,25,28)/t23-/m1/s1. The summed E-state index contributed by atoms with van der Waals surface area (Å²) in [5.74, 6) is 0.545. The Morgan fingerprint density at radius 3 is 2.47 bits per heavy atom. The van der Waals surface area contributed by atoms with E-state index in [4.69, 9.17) is 9.15 Å². The lowest BCUT2D eigenvalue weighted by molar-refractivity contribution is -0.128. The molecule has 2 heterocycles. The highest BCUT2D eigenvalue weighted by Crippen LogP contribution is 2.39. The van der Waals surface area contributed by atoms with E-state index in [-0.39, 0.29) is 17.2 Å². The zero-order valence-corrected chi connectivity index (χ0v) is 18.3. The van der Waals surface area contributed by atoms with E-state index in [1.165, 1.54) is 0 Å². The number of hydrogen-bond acceptors (Lipinski definition) is 6. The number of esters is 1. The van der Waals surface area contributed by atoms with Gasteiger partial charge in [-0.25, -0.2) is 4.79 Å². The first-order chi connectivity index (χ1) is 15.5. The van der Waals surface area contributed by atoms with Gasteiger partial charge in [0.1, 0.15) is 11.1 Å². The molecule has 8 heteroatoms. The molecule has 1 aromatic heterocycles. The van der Waals surface area contributed by atoms with Crippen LogP contribution in [-0.4, -0.2) is 35.0 Å². The summed E-state index contributed by atoms with van der Waals surface area (Å²) in [6.07, 6.45) is 1.59. The molecule has 0 unspecified atom stereocenters. The summed E-state index contributed by atoms with van der Waals surface area (Å²) >= 11 is 1.55. The summed E-state index contributed by atoms with van der Waals surface area (Å²) in [6.45, 7) is 2.46. The van der Waals surface area contributed by atoms with Crippen LogP contribution in [-0.2, 0) is 16.1 Å². The van der Waals surface area contributed by atoms with Crippen LogP contribution < -0.4 is 5.32 Å². The Kier molecular flexibility index (Phi) is 6.61. The van der Waals surface area contributed by atoms with E-state index in [0.717, 1.165) is 11.3 Å². The first kappa shape index (κ1) is 21.7. The van der Waals surface area contributed by atoms with Gasteiger partial charge >= 0.3 is 5.97 Å². The number of furan rings is 1. The summed E-state index contributed by atoms with van der Waals surface area (Å²) in [6, 6.07) is 17.4. The number of ether oxygens (including phenoxy) is 1. The van der Waals surface area contributed by atoms with E-state index in [0.29, 0.717) is 35.7 Å².